The van der Waals surface area contributed by atoms with Crippen molar-refractivity contribution in [2.45, 2.75) is 77.4 Å². The first kappa shape index (κ1) is 19.7. The molecule has 1 aromatic carbocycles. The first-order valence-electron chi connectivity index (χ1n) is 9.11. The molecule has 0 amide bonds. The summed E-state index contributed by atoms with van der Waals surface area (Å²) in [5.74, 6) is 6.39. The molecule has 0 heterocycles. The van der Waals surface area contributed by atoms with E-state index in [1.54, 1.807) is 0 Å². The van der Waals surface area contributed by atoms with Crippen molar-refractivity contribution in [2.24, 2.45) is 0 Å². The van der Waals surface area contributed by atoms with Gasteiger partial charge in [0.1, 0.15) is 6.10 Å². The van der Waals surface area contributed by atoms with E-state index in [4.69, 9.17) is 9.84 Å². The quantitative estimate of drug-likeness (QED) is 0.429. The number of aliphatic hydroxyl groups excluding tert-OH is 1. The Morgan fingerprint density at radius 1 is 1.00 bits per heavy atom. The van der Waals surface area contributed by atoms with Gasteiger partial charge >= 0.3 is 0 Å². The molecular weight excluding hydrogens is 284 g/mol. The van der Waals surface area contributed by atoms with Gasteiger partial charge in [-0.15, -0.1) is 5.92 Å². The maximum atomic E-state index is 9.13. The van der Waals surface area contributed by atoms with Gasteiger partial charge in [0.25, 0.3) is 0 Å². The summed E-state index contributed by atoms with van der Waals surface area (Å²) >= 11 is 0. The van der Waals surface area contributed by atoms with Crippen LogP contribution in [0.25, 0.3) is 0 Å². The fourth-order valence-corrected chi connectivity index (χ4v) is 2.44. The smallest absolute Gasteiger partial charge is 0.120 e. The lowest BCUT2D eigenvalue weighted by Gasteiger charge is -2.11. The van der Waals surface area contributed by atoms with E-state index < -0.39 is 0 Å². The summed E-state index contributed by atoms with van der Waals surface area (Å²) in [6.45, 7) is 2.92. The van der Waals surface area contributed by atoms with Gasteiger partial charge in [0.05, 0.1) is 6.61 Å². The summed E-state index contributed by atoms with van der Waals surface area (Å²) in [5.41, 5.74) is 1.14. The topological polar surface area (TPSA) is 29.5 Å². The zero-order chi connectivity index (χ0) is 16.6. The van der Waals surface area contributed by atoms with Crippen molar-refractivity contribution in [2.75, 3.05) is 6.61 Å². The van der Waals surface area contributed by atoms with Gasteiger partial charge in [-0.2, -0.15) is 0 Å². The lowest BCUT2D eigenvalue weighted by atomic mass is 10.1. The second kappa shape index (κ2) is 14.3. The predicted octanol–water partition coefficient (Wildman–Crippen LogP) is 5.10. The van der Waals surface area contributed by atoms with Gasteiger partial charge < -0.3 is 9.84 Å². The fraction of sp³-hybridized carbons (Fsp3) is 0.619. The molecule has 0 fully saturated rings. The molecule has 0 saturated heterocycles. The van der Waals surface area contributed by atoms with E-state index in [-0.39, 0.29) is 12.7 Å². The molecule has 0 bridgehead atoms. The number of unbranched alkanes of at least 4 members (excludes halogenated alkanes) is 7. The van der Waals surface area contributed by atoms with Crippen LogP contribution in [0.4, 0.5) is 0 Å². The molecule has 23 heavy (non-hydrogen) atoms. The van der Waals surface area contributed by atoms with Crippen LogP contribution in [0.1, 0.15) is 70.3 Å². The highest BCUT2D eigenvalue weighted by Crippen LogP contribution is 2.08. The van der Waals surface area contributed by atoms with Gasteiger partial charge in [-0.25, -0.2) is 0 Å². The fourth-order valence-electron chi connectivity index (χ4n) is 2.44. The Balaban J connectivity index is 2.17. The normalized spacial score (nSPS) is 11.7. The molecule has 0 aliphatic rings. The molecule has 0 radical (unpaired) electrons. The Morgan fingerprint density at radius 3 is 2.39 bits per heavy atom. The molecule has 1 aromatic rings. The summed E-state index contributed by atoms with van der Waals surface area (Å²) in [4.78, 5) is 0. The van der Waals surface area contributed by atoms with E-state index >= 15 is 0 Å². The van der Waals surface area contributed by atoms with Crippen molar-refractivity contribution in [3.05, 3.63) is 35.9 Å². The summed E-state index contributed by atoms with van der Waals surface area (Å²) in [6, 6.07) is 10.1. The molecule has 1 N–H and O–H groups in total. The number of hydrogen-bond donors (Lipinski definition) is 1. The Labute approximate surface area is 142 Å². The van der Waals surface area contributed by atoms with Crippen molar-refractivity contribution >= 4 is 0 Å². The molecule has 0 unspecified atom stereocenters. The molecule has 0 aliphatic carbocycles. The highest BCUT2D eigenvalue weighted by Gasteiger charge is 2.04. The molecule has 2 heteroatoms. The minimum absolute atomic E-state index is 0.117. The Bertz CT molecular complexity index is 430. The third kappa shape index (κ3) is 11.0. The van der Waals surface area contributed by atoms with Crippen LogP contribution in [0.15, 0.2) is 30.3 Å². The van der Waals surface area contributed by atoms with Crippen LogP contribution in [0.5, 0.6) is 0 Å². The lowest BCUT2D eigenvalue weighted by Crippen LogP contribution is -2.12. The molecule has 0 spiro atoms. The molecule has 0 saturated carbocycles. The highest BCUT2D eigenvalue weighted by atomic mass is 16.5. The van der Waals surface area contributed by atoms with Gasteiger partial charge in [-0.05, 0) is 12.0 Å². The average Bonchev–Trinajstić information content (AvgIpc) is 2.59. The molecule has 1 atom stereocenters. The van der Waals surface area contributed by atoms with Crippen LogP contribution in [0.3, 0.4) is 0 Å². The van der Waals surface area contributed by atoms with Gasteiger partial charge in [0.2, 0.25) is 0 Å². The second-order valence-electron chi connectivity index (χ2n) is 5.99. The number of aliphatic hydroxyl groups is 1. The first-order chi connectivity index (χ1) is 11.4. The predicted molar refractivity (Wildman–Crippen MR) is 97.1 cm³/mol. The maximum Gasteiger partial charge on any atom is 0.120 e. The van der Waals surface area contributed by atoms with Crippen molar-refractivity contribution in [1.82, 2.24) is 0 Å². The Hall–Kier alpha value is -1.30. The highest BCUT2D eigenvalue weighted by molar-refractivity contribution is 5.14. The summed E-state index contributed by atoms with van der Waals surface area (Å²) in [7, 11) is 0. The van der Waals surface area contributed by atoms with E-state index in [1.165, 1.54) is 44.9 Å². The first-order valence-corrected chi connectivity index (χ1v) is 9.11. The third-order valence-corrected chi connectivity index (χ3v) is 3.85. The molecule has 128 valence electrons. The minimum Gasteiger partial charge on any atom is -0.396 e. The Morgan fingerprint density at radius 2 is 1.70 bits per heavy atom. The van der Waals surface area contributed by atoms with Crippen molar-refractivity contribution in [3.8, 4) is 11.8 Å². The van der Waals surface area contributed by atoms with Crippen LogP contribution >= 0.6 is 0 Å². The zero-order valence-corrected chi connectivity index (χ0v) is 14.6. The van der Waals surface area contributed by atoms with E-state index in [0.717, 1.165) is 12.0 Å². The van der Waals surface area contributed by atoms with Crippen LogP contribution in [-0.4, -0.2) is 17.8 Å². The summed E-state index contributed by atoms with van der Waals surface area (Å²) < 4.78 is 5.81. The van der Waals surface area contributed by atoms with Crippen LogP contribution in [-0.2, 0) is 11.3 Å². The van der Waals surface area contributed by atoms with E-state index in [9.17, 15) is 0 Å². The third-order valence-electron chi connectivity index (χ3n) is 3.85. The molecule has 0 aromatic heterocycles. The van der Waals surface area contributed by atoms with Crippen LogP contribution in [0.2, 0.25) is 0 Å². The largest absolute Gasteiger partial charge is 0.396 e. The summed E-state index contributed by atoms with van der Waals surface area (Å²) in [6.07, 6.45) is 10.5. The zero-order valence-electron chi connectivity index (χ0n) is 14.6. The van der Waals surface area contributed by atoms with Crippen molar-refractivity contribution in [3.63, 3.8) is 0 Å². The molecular formula is C21H32O2. The van der Waals surface area contributed by atoms with Gasteiger partial charge in [0, 0.05) is 19.4 Å². The van der Waals surface area contributed by atoms with Crippen molar-refractivity contribution in [1.29, 1.82) is 0 Å². The average molecular weight is 316 g/mol. The second-order valence-corrected chi connectivity index (χ2v) is 5.99. The number of benzene rings is 1. The minimum atomic E-state index is -0.162. The van der Waals surface area contributed by atoms with Gasteiger partial charge in [-0.1, -0.05) is 81.7 Å². The van der Waals surface area contributed by atoms with E-state index in [0.29, 0.717) is 13.0 Å². The van der Waals surface area contributed by atoms with Gasteiger partial charge in [0.15, 0.2) is 0 Å². The van der Waals surface area contributed by atoms with Crippen LogP contribution < -0.4 is 0 Å². The standard InChI is InChI=1S/C21H32O2/c1-2-3-4-5-6-7-8-9-13-16-21(17-18-22)23-19-20-14-11-10-12-15-20/h10-12,14-15,21-22H,2-9,17-19H2,1H3/t21-/m0/s1. The Kier molecular flexibility index (Phi) is 12.3. The van der Waals surface area contributed by atoms with E-state index in [1.807, 2.05) is 30.3 Å². The van der Waals surface area contributed by atoms with Gasteiger partial charge in [-0.3, -0.25) is 0 Å². The number of ether oxygens (including phenoxy) is 1. The molecule has 2 nitrogen and oxygen atoms in total. The van der Waals surface area contributed by atoms with E-state index in [2.05, 4.69) is 18.8 Å². The molecule has 0 aliphatic heterocycles. The monoisotopic (exact) mass is 316 g/mol. The lowest BCUT2D eigenvalue weighted by molar-refractivity contribution is 0.0603. The maximum absolute atomic E-state index is 9.13. The van der Waals surface area contributed by atoms with Crippen molar-refractivity contribution < 1.29 is 9.84 Å². The number of rotatable bonds is 12. The van der Waals surface area contributed by atoms with Crippen LogP contribution in [0, 0.1) is 11.8 Å². The number of hydrogen-bond acceptors (Lipinski definition) is 2. The molecule has 1 rings (SSSR count). The summed E-state index contributed by atoms with van der Waals surface area (Å²) in [5, 5.41) is 9.13. The SMILES string of the molecule is CCCCCCCCCC#C[C@@H](CCO)OCc1ccccc1.